The molecule has 0 aliphatic rings. The third-order valence-electron chi connectivity index (χ3n) is 2.57. The summed E-state index contributed by atoms with van der Waals surface area (Å²) in [6.07, 6.45) is 0. The lowest BCUT2D eigenvalue weighted by molar-refractivity contribution is 0.297. The molecule has 2 aromatic rings. The molecule has 0 saturated heterocycles. The quantitative estimate of drug-likeness (QED) is 0.607. The fourth-order valence-corrected chi connectivity index (χ4v) is 1.74. The van der Waals surface area contributed by atoms with Gasteiger partial charge >= 0.3 is 0 Å². The Bertz CT molecular complexity index is 704. The molecule has 0 bridgehead atoms. The summed E-state index contributed by atoms with van der Waals surface area (Å²) in [5, 5.41) is 0. The smallest absolute Gasteiger partial charge is 0.130 e. The van der Waals surface area contributed by atoms with Crippen LogP contribution in [-0.4, -0.2) is 5.88 Å². The lowest BCUT2D eigenvalue weighted by Gasteiger charge is -2.08. The Hall–Kier alpha value is -2.12. The van der Waals surface area contributed by atoms with E-state index in [-0.39, 0.29) is 23.8 Å². The summed E-state index contributed by atoms with van der Waals surface area (Å²) in [5.74, 6) is 3.86. The minimum Gasteiger partial charge on any atom is -0.489 e. The standard InChI is InChI=1S/C16H10ClF3O/c17-5-1-2-11-6-14(19)9-15(7-11)21-10-12-8-13(18)3-4-16(12)20/h3-4,6-9H,5,10H2. The molecule has 1 nitrogen and oxygen atoms in total. The average Bonchev–Trinajstić information content (AvgIpc) is 2.45. The molecule has 0 saturated carbocycles. The van der Waals surface area contributed by atoms with Gasteiger partial charge in [0.05, 0.1) is 5.88 Å². The van der Waals surface area contributed by atoms with Gasteiger partial charge in [0, 0.05) is 17.2 Å². The monoisotopic (exact) mass is 310 g/mol. The summed E-state index contributed by atoms with van der Waals surface area (Å²) in [5.41, 5.74) is 0.443. The molecule has 0 fully saturated rings. The number of rotatable bonds is 3. The SMILES string of the molecule is Fc1cc(C#CCCl)cc(OCc2cc(F)ccc2F)c1. The van der Waals surface area contributed by atoms with Crippen molar-refractivity contribution in [3.05, 3.63) is 65.0 Å². The summed E-state index contributed by atoms with van der Waals surface area (Å²) in [7, 11) is 0. The highest BCUT2D eigenvalue weighted by Gasteiger charge is 2.06. The lowest BCUT2D eigenvalue weighted by Crippen LogP contribution is -2.00. The largest absolute Gasteiger partial charge is 0.489 e. The van der Waals surface area contributed by atoms with E-state index in [2.05, 4.69) is 11.8 Å². The molecule has 2 aromatic carbocycles. The zero-order chi connectivity index (χ0) is 15.2. The Morgan fingerprint density at radius 3 is 2.57 bits per heavy atom. The summed E-state index contributed by atoms with van der Waals surface area (Å²) in [6.45, 7) is -0.213. The van der Waals surface area contributed by atoms with E-state index in [0.29, 0.717) is 5.56 Å². The second-order valence-corrected chi connectivity index (χ2v) is 4.40. The predicted octanol–water partition coefficient (Wildman–Crippen LogP) is 4.27. The van der Waals surface area contributed by atoms with Gasteiger partial charge in [-0.3, -0.25) is 0 Å². The number of hydrogen-bond donors (Lipinski definition) is 0. The van der Waals surface area contributed by atoms with E-state index in [1.165, 1.54) is 12.1 Å². The first-order chi connectivity index (χ1) is 10.1. The van der Waals surface area contributed by atoms with Crippen molar-refractivity contribution < 1.29 is 17.9 Å². The van der Waals surface area contributed by atoms with Gasteiger partial charge in [0.15, 0.2) is 0 Å². The third kappa shape index (κ3) is 4.44. The van der Waals surface area contributed by atoms with Crippen molar-refractivity contribution in [1.82, 2.24) is 0 Å². The topological polar surface area (TPSA) is 9.23 Å². The van der Waals surface area contributed by atoms with Crippen LogP contribution in [-0.2, 0) is 6.61 Å². The molecule has 0 radical (unpaired) electrons. The third-order valence-corrected chi connectivity index (χ3v) is 2.71. The van der Waals surface area contributed by atoms with E-state index >= 15 is 0 Å². The average molecular weight is 311 g/mol. The maximum atomic E-state index is 13.4. The van der Waals surface area contributed by atoms with E-state index in [4.69, 9.17) is 16.3 Å². The number of alkyl halides is 1. The first-order valence-electron chi connectivity index (χ1n) is 6.00. The molecule has 0 aliphatic carbocycles. The molecule has 108 valence electrons. The van der Waals surface area contributed by atoms with Crippen molar-refractivity contribution in [2.24, 2.45) is 0 Å². The van der Waals surface area contributed by atoms with Crippen LogP contribution in [0.5, 0.6) is 5.75 Å². The molecule has 0 spiro atoms. The molecular formula is C16H10ClF3O. The summed E-state index contributed by atoms with van der Waals surface area (Å²) in [4.78, 5) is 0. The fourth-order valence-electron chi connectivity index (χ4n) is 1.67. The Morgan fingerprint density at radius 1 is 1.00 bits per heavy atom. The van der Waals surface area contributed by atoms with E-state index in [9.17, 15) is 13.2 Å². The van der Waals surface area contributed by atoms with Crippen molar-refractivity contribution in [3.63, 3.8) is 0 Å². The lowest BCUT2D eigenvalue weighted by atomic mass is 10.2. The zero-order valence-electron chi connectivity index (χ0n) is 10.8. The second kappa shape index (κ2) is 7.05. The van der Waals surface area contributed by atoms with Crippen LogP contribution in [0.1, 0.15) is 11.1 Å². The van der Waals surface area contributed by atoms with Crippen LogP contribution >= 0.6 is 11.6 Å². The van der Waals surface area contributed by atoms with E-state index in [1.807, 2.05) is 0 Å². The van der Waals surface area contributed by atoms with Crippen LogP contribution < -0.4 is 4.74 Å². The van der Waals surface area contributed by atoms with Crippen LogP contribution in [0.15, 0.2) is 36.4 Å². The highest BCUT2D eigenvalue weighted by atomic mass is 35.5. The summed E-state index contributed by atoms with van der Waals surface area (Å²) >= 11 is 5.43. The Kier molecular flexibility index (Phi) is 5.13. The van der Waals surface area contributed by atoms with Crippen LogP contribution in [0.3, 0.4) is 0 Å². The minimum atomic E-state index is -0.588. The van der Waals surface area contributed by atoms with Crippen molar-refractivity contribution >= 4 is 11.6 Å². The Balaban J connectivity index is 2.16. The molecule has 0 heterocycles. The van der Waals surface area contributed by atoms with Gasteiger partial charge in [0.2, 0.25) is 0 Å². The van der Waals surface area contributed by atoms with Crippen LogP contribution in [0, 0.1) is 29.3 Å². The summed E-state index contributed by atoms with van der Waals surface area (Å²) in [6, 6.07) is 6.93. The van der Waals surface area contributed by atoms with Gasteiger partial charge in [0.25, 0.3) is 0 Å². The number of benzene rings is 2. The first-order valence-corrected chi connectivity index (χ1v) is 6.54. The number of hydrogen-bond acceptors (Lipinski definition) is 1. The van der Waals surface area contributed by atoms with E-state index in [0.717, 1.165) is 24.3 Å². The van der Waals surface area contributed by atoms with Crippen molar-refractivity contribution in [3.8, 4) is 17.6 Å². The predicted molar refractivity (Wildman–Crippen MR) is 74.7 cm³/mol. The molecule has 0 atom stereocenters. The van der Waals surface area contributed by atoms with Crippen LogP contribution in [0.25, 0.3) is 0 Å². The van der Waals surface area contributed by atoms with Gasteiger partial charge in [-0.1, -0.05) is 11.8 Å². The normalized spacial score (nSPS) is 9.90. The molecule has 5 heteroatoms. The van der Waals surface area contributed by atoms with Gasteiger partial charge in [-0.05, 0) is 30.3 Å². The Morgan fingerprint density at radius 2 is 1.81 bits per heavy atom. The maximum absolute atomic E-state index is 13.4. The van der Waals surface area contributed by atoms with Gasteiger partial charge in [-0.25, -0.2) is 13.2 Å². The maximum Gasteiger partial charge on any atom is 0.130 e. The number of ether oxygens (including phenoxy) is 1. The minimum absolute atomic E-state index is 0.0488. The molecule has 21 heavy (non-hydrogen) atoms. The molecule has 0 N–H and O–H groups in total. The molecule has 0 aliphatic heterocycles. The second-order valence-electron chi connectivity index (χ2n) is 4.14. The Labute approximate surface area is 125 Å². The van der Waals surface area contributed by atoms with Crippen LogP contribution in [0.4, 0.5) is 13.2 Å². The van der Waals surface area contributed by atoms with Gasteiger partial charge in [-0.2, -0.15) is 0 Å². The highest BCUT2D eigenvalue weighted by molar-refractivity contribution is 6.19. The van der Waals surface area contributed by atoms with Crippen molar-refractivity contribution in [2.75, 3.05) is 5.88 Å². The van der Waals surface area contributed by atoms with Crippen molar-refractivity contribution in [1.29, 1.82) is 0 Å². The van der Waals surface area contributed by atoms with Crippen molar-refractivity contribution in [2.45, 2.75) is 6.61 Å². The molecule has 0 amide bonds. The molecular weight excluding hydrogens is 301 g/mol. The highest BCUT2D eigenvalue weighted by Crippen LogP contribution is 2.18. The fraction of sp³-hybridized carbons (Fsp3) is 0.125. The van der Waals surface area contributed by atoms with Gasteiger partial charge in [-0.15, -0.1) is 11.6 Å². The molecule has 2 rings (SSSR count). The zero-order valence-corrected chi connectivity index (χ0v) is 11.6. The van der Waals surface area contributed by atoms with Gasteiger partial charge in [0.1, 0.15) is 29.8 Å². The molecule has 0 unspecified atom stereocenters. The first kappa shape index (κ1) is 15.3. The van der Waals surface area contributed by atoms with Gasteiger partial charge < -0.3 is 4.74 Å². The van der Waals surface area contributed by atoms with E-state index in [1.54, 1.807) is 0 Å². The van der Waals surface area contributed by atoms with Crippen LogP contribution in [0.2, 0.25) is 0 Å². The summed E-state index contributed by atoms with van der Waals surface area (Å²) < 4.78 is 45.2. The number of halogens is 4. The van der Waals surface area contributed by atoms with E-state index < -0.39 is 17.5 Å². The molecule has 0 aromatic heterocycles.